The summed E-state index contributed by atoms with van der Waals surface area (Å²) >= 11 is 1.67. The quantitative estimate of drug-likeness (QED) is 0.349. The van der Waals surface area contributed by atoms with E-state index in [2.05, 4.69) is 57.6 Å². The van der Waals surface area contributed by atoms with Crippen LogP contribution in [0.25, 0.3) is 11.0 Å². The maximum atomic E-state index is 5.82. The van der Waals surface area contributed by atoms with E-state index in [-0.39, 0.29) is 0 Å². The molecule has 0 saturated heterocycles. The molecule has 0 unspecified atom stereocenters. The molecule has 0 saturated carbocycles. The number of hydrogen-bond donors (Lipinski definition) is 3. The summed E-state index contributed by atoms with van der Waals surface area (Å²) in [6.07, 6.45) is 1.55. The third kappa shape index (κ3) is 4.31. The summed E-state index contributed by atoms with van der Waals surface area (Å²) < 4.78 is 0. The van der Waals surface area contributed by atoms with E-state index in [0.717, 1.165) is 43.8 Å². The van der Waals surface area contributed by atoms with Crippen molar-refractivity contribution in [2.24, 2.45) is 0 Å². The van der Waals surface area contributed by atoms with Crippen LogP contribution >= 0.6 is 11.8 Å². The second-order valence-electron chi connectivity index (χ2n) is 7.24. The van der Waals surface area contributed by atoms with E-state index in [4.69, 9.17) is 5.73 Å². The Kier molecular flexibility index (Phi) is 5.72. The number of fused-ring (bicyclic) bond motifs is 1. The second-order valence-corrected chi connectivity index (χ2v) is 8.36. The van der Waals surface area contributed by atoms with Crippen molar-refractivity contribution in [1.29, 1.82) is 0 Å². The van der Waals surface area contributed by atoms with Crippen molar-refractivity contribution in [2.75, 3.05) is 23.4 Å². The number of rotatable bonds is 6. The monoisotopic (exact) mass is 416 g/mol. The molecule has 2 heterocycles. The topological polar surface area (TPSA) is 88.8 Å². The van der Waals surface area contributed by atoms with Gasteiger partial charge in [-0.1, -0.05) is 25.6 Å². The lowest BCUT2D eigenvalue weighted by atomic mass is 10.1. The largest absolute Gasteiger partial charge is 0.399 e. The van der Waals surface area contributed by atoms with Crippen LogP contribution in [0.2, 0.25) is 0 Å². The molecule has 0 fully saturated rings. The van der Waals surface area contributed by atoms with E-state index in [9.17, 15) is 0 Å². The predicted molar refractivity (Wildman–Crippen MR) is 126 cm³/mol. The van der Waals surface area contributed by atoms with E-state index >= 15 is 0 Å². The minimum absolute atomic E-state index is 0.344. The van der Waals surface area contributed by atoms with Crippen molar-refractivity contribution in [2.45, 2.75) is 29.6 Å². The Morgan fingerprint density at radius 3 is 2.50 bits per heavy atom. The molecule has 0 aliphatic rings. The first-order valence-electron chi connectivity index (χ1n) is 9.77. The molecule has 4 aromatic rings. The lowest BCUT2D eigenvalue weighted by Crippen LogP contribution is -2.01. The molecular formula is C23H24N6S. The molecule has 0 bridgehead atoms. The van der Waals surface area contributed by atoms with Gasteiger partial charge in [0.25, 0.3) is 0 Å². The molecular weight excluding hydrogens is 392 g/mol. The van der Waals surface area contributed by atoms with E-state index in [0.29, 0.717) is 11.6 Å². The maximum absolute atomic E-state index is 5.82. The van der Waals surface area contributed by atoms with Gasteiger partial charge in [-0.25, -0.2) is 15.0 Å². The molecule has 4 rings (SSSR count). The Balaban J connectivity index is 1.72. The number of hydrogen-bond acceptors (Lipinski definition) is 7. The van der Waals surface area contributed by atoms with Crippen molar-refractivity contribution in [3.8, 4) is 0 Å². The number of nitrogen functional groups attached to an aromatic ring is 1. The van der Waals surface area contributed by atoms with Crippen LogP contribution in [-0.2, 0) is 0 Å². The normalized spacial score (nSPS) is 11.1. The summed E-state index contributed by atoms with van der Waals surface area (Å²) in [5.41, 5.74) is 10.3. The summed E-state index contributed by atoms with van der Waals surface area (Å²) in [6.45, 7) is 4.25. The zero-order valence-electron chi connectivity index (χ0n) is 17.2. The average Bonchev–Trinajstić information content (AvgIpc) is 2.76. The van der Waals surface area contributed by atoms with Crippen molar-refractivity contribution in [3.05, 3.63) is 66.6 Å². The smallest absolute Gasteiger partial charge is 0.164 e. The number of benzene rings is 2. The number of pyridine rings is 1. The predicted octanol–water partition coefficient (Wildman–Crippen LogP) is 5.67. The van der Waals surface area contributed by atoms with Crippen molar-refractivity contribution in [3.63, 3.8) is 0 Å². The van der Waals surface area contributed by atoms with Gasteiger partial charge < -0.3 is 16.4 Å². The van der Waals surface area contributed by atoms with Crippen LogP contribution in [0.5, 0.6) is 0 Å². The molecule has 0 atom stereocenters. The molecule has 0 aliphatic heterocycles. The maximum Gasteiger partial charge on any atom is 0.164 e. The standard InChI is InChI=1S/C23H24N6S/c1-14(2)19-10-9-18-22(28-19)26-13-27-23(18)29-20-12-16(25-3)6-11-21(20)30-17-7-4-15(24)5-8-17/h4-14,25H,24H2,1-3H3,(H,26,27,28,29). The summed E-state index contributed by atoms with van der Waals surface area (Å²) in [7, 11) is 1.91. The van der Waals surface area contributed by atoms with Crippen molar-refractivity contribution < 1.29 is 0 Å². The Hall–Kier alpha value is -3.32. The molecule has 7 heteroatoms. The minimum Gasteiger partial charge on any atom is -0.399 e. The fourth-order valence-corrected chi connectivity index (χ4v) is 3.92. The first-order chi connectivity index (χ1) is 14.5. The van der Waals surface area contributed by atoms with Crippen molar-refractivity contribution in [1.82, 2.24) is 15.0 Å². The SMILES string of the molecule is CNc1ccc(Sc2ccc(N)cc2)c(Nc2ncnc3nc(C(C)C)ccc23)c1. The summed E-state index contributed by atoms with van der Waals surface area (Å²) in [5.74, 6) is 1.08. The molecule has 0 radical (unpaired) electrons. The Labute approximate surface area is 180 Å². The third-order valence-electron chi connectivity index (χ3n) is 4.74. The molecule has 2 aromatic carbocycles. The van der Waals surface area contributed by atoms with Gasteiger partial charge in [0.15, 0.2) is 5.65 Å². The zero-order valence-corrected chi connectivity index (χ0v) is 18.0. The van der Waals surface area contributed by atoms with Crippen LogP contribution in [0.3, 0.4) is 0 Å². The van der Waals surface area contributed by atoms with E-state index < -0.39 is 0 Å². The summed E-state index contributed by atoms with van der Waals surface area (Å²) in [4.78, 5) is 15.7. The van der Waals surface area contributed by atoms with Gasteiger partial charge in [0.2, 0.25) is 0 Å². The van der Waals surface area contributed by atoms with Gasteiger partial charge in [0.1, 0.15) is 12.1 Å². The highest BCUT2D eigenvalue weighted by Gasteiger charge is 2.12. The van der Waals surface area contributed by atoms with Crippen LogP contribution in [0, 0.1) is 0 Å². The van der Waals surface area contributed by atoms with Gasteiger partial charge in [-0.15, -0.1) is 0 Å². The Morgan fingerprint density at radius 2 is 1.77 bits per heavy atom. The number of nitrogens with two attached hydrogens (primary N) is 1. The summed E-state index contributed by atoms with van der Waals surface area (Å²) in [6, 6.07) is 18.2. The molecule has 0 aliphatic carbocycles. The average molecular weight is 417 g/mol. The van der Waals surface area contributed by atoms with E-state index in [1.165, 1.54) is 0 Å². The highest BCUT2D eigenvalue weighted by atomic mass is 32.2. The minimum atomic E-state index is 0.344. The molecule has 0 spiro atoms. The van der Waals surface area contributed by atoms with Gasteiger partial charge in [-0.2, -0.15) is 0 Å². The summed E-state index contributed by atoms with van der Waals surface area (Å²) in [5, 5.41) is 7.58. The van der Waals surface area contributed by atoms with Crippen LogP contribution in [0.4, 0.5) is 22.9 Å². The third-order valence-corrected chi connectivity index (χ3v) is 5.82. The first-order valence-corrected chi connectivity index (χ1v) is 10.6. The fraction of sp³-hybridized carbons (Fsp3) is 0.174. The van der Waals surface area contributed by atoms with Crippen LogP contribution < -0.4 is 16.4 Å². The molecule has 6 nitrogen and oxygen atoms in total. The molecule has 30 heavy (non-hydrogen) atoms. The molecule has 4 N–H and O–H groups in total. The fourth-order valence-electron chi connectivity index (χ4n) is 3.04. The lowest BCUT2D eigenvalue weighted by molar-refractivity contribution is 0.827. The zero-order chi connectivity index (χ0) is 21.1. The Morgan fingerprint density at radius 1 is 0.967 bits per heavy atom. The Bertz CT molecular complexity index is 1170. The highest BCUT2D eigenvalue weighted by molar-refractivity contribution is 7.99. The number of nitrogens with zero attached hydrogens (tertiary/aromatic N) is 3. The van der Waals surface area contributed by atoms with Gasteiger partial charge in [-0.3, -0.25) is 0 Å². The van der Waals surface area contributed by atoms with E-state index in [1.807, 2.05) is 43.4 Å². The van der Waals surface area contributed by atoms with Crippen molar-refractivity contribution >= 4 is 45.7 Å². The highest BCUT2D eigenvalue weighted by Crippen LogP contribution is 2.37. The molecule has 152 valence electrons. The second kappa shape index (κ2) is 8.59. The molecule has 2 aromatic heterocycles. The first kappa shape index (κ1) is 20.0. The van der Waals surface area contributed by atoms with Crippen LogP contribution in [-0.4, -0.2) is 22.0 Å². The van der Waals surface area contributed by atoms with E-state index in [1.54, 1.807) is 18.1 Å². The lowest BCUT2D eigenvalue weighted by Gasteiger charge is -2.15. The van der Waals surface area contributed by atoms with Gasteiger partial charge in [-0.05, 0) is 60.5 Å². The van der Waals surface area contributed by atoms with Gasteiger partial charge in [0, 0.05) is 33.9 Å². The number of aromatic nitrogens is 3. The van der Waals surface area contributed by atoms with Crippen LogP contribution in [0.1, 0.15) is 25.5 Å². The van der Waals surface area contributed by atoms with Crippen LogP contribution in [0.15, 0.2) is 70.7 Å². The van der Waals surface area contributed by atoms with Gasteiger partial charge >= 0.3 is 0 Å². The number of anilines is 4. The molecule has 0 amide bonds. The number of nitrogens with one attached hydrogen (secondary N) is 2. The van der Waals surface area contributed by atoms with Gasteiger partial charge in [0.05, 0.1) is 11.1 Å².